The van der Waals surface area contributed by atoms with Crippen LogP contribution >= 0.6 is 0 Å². The third-order valence-corrected chi connectivity index (χ3v) is 0.272. The van der Waals surface area contributed by atoms with Gasteiger partial charge in [0, 0.05) is 31.8 Å². The third-order valence-electron chi connectivity index (χ3n) is 0.272. The van der Waals surface area contributed by atoms with E-state index in [4.69, 9.17) is 0 Å². The second-order valence-electron chi connectivity index (χ2n) is 1.38. The van der Waals surface area contributed by atoms with E-state index in [2.05, 4.69) is 0 Å². The van der Waals surface area contributed by atoms with Crippen molar-refractivity contribution in [2.24, 2.45) is 5.92 Å². The Morgan fingerprint density at radius 1 is 1.50 bits per heavy atom. The van der Waals surface area contributed by atoms with E-state index in [1.807, 2.05) is 13.8 Å². The molecule has 0 bridgehead atoms. The van der Waals surface area contributed by atoms with Crippen LogP contribution in [0.2, 0.25) is 0 Å². The Kier molecular flexibility index (Phi) is 8.99. The van der Waals surface area contributed by atoms with E-state index in [-0.39, 0.29) is 31.8 Å². The van der Waals surface area contributed by atoms with Crippen LogP contribution in [0, 0.1) is 5.92 Å². The predicted molar refractivity (Wildman–Crippen MR) is 20.9 cm³/mol. The Morgan fingerprint density at radius 2 is 1.67 bits per heavy atom. The molecule has 0 amide bonds. The van der Waals surface area contributed by atoms with Crippen LogP contribution in [-0.4, -0.2) is 6.29 Å². The minimum Gasteiger partial charge on any atom is -0.303 e. The zero-order chi connectivity index (χ0) is 4.28. The van der Waals surface area contributed by atoms with Gasteiger partial charge in [-0.3, -0.25) is 0 Å². The number of carbonyl (C=O) groups is 1. The fourth-order valence-corrected chi connectivity index (χ4v) is 0. The first-order valence-electron chi connectivity index (χ1n) is 1.72. The summed E-state index contributed by atoms with van der Waals surface area (Å²) in [5.74, 6) is 0.204. The number of aldehydes is 1. The van der Waals surface area contributed by atoms with E-state index in [9.17, 15) is 4.79 Å². The summed E-state index contributed by atoms with van der Waals surface area (Å²) in [6, 6.07) is 0. The largest absolute Gasteiger partial charge is 0.303 e. The summed E-state index contributed by atoms with van der Waals surface area (Å²) in [4.78, 5) is 9.50. The molecular formula is C4H8HfO. The average Bonchev–Trinajstić information content (AvgIpc) is 1.38. The minimum atomic E-state index is 0. The smallest absolute Gasteiger partial charge is 0.122 e. The molecule has 0 saturated carbocycles. The maximum absolute atomic E-state index is 9.50. The van der Waals surface area contributed by atoms with Crippen molar-refractivity contribution in [3.63, 3.8) is 0 Å². The molecule has 1 nitrogen and oxygen atoms in total. The van der Waals surface area contributed by atoms with Crippen molar-refractivity contribution in [2.45, 2.75) is 13.8 Å². The second-order valence-corrected chi connectivity index (χ2v) is 1.38. The first kappa shape index (κ1) is 9.74. The van der Waals surface area contributed by atoms with Gasteiger partial charge in [-0.25, -0.2) is 0 Å². The van der Waals surface area contributed by atoms with Gasteiger partial charge in [-0.1, -0.05) is 13.8 Å². The van der Waals surface area contributed by atoms with Gasteiger partial charge >= 0.3 is 0 Å². The first-order valence-corrected chi connectivity index (χ1v) is 1.72. The molecule has 0 fully saturated rings. The molecule has 0 unspecified atom stereocenters. The molecule has 6 heavy (non-hydrogen) atoms. The maximum Gasteiger partial charge on any atom is 0.122 e. The van der Waals surface area contributed by atoms with Gasteiger partial charge in [0.1, 0.15) is 6.29 Å². The number of rotatable bonds is 1. The molecule has 0 aliphatic rings. The van der Waals surface area contributed by atoms with Crippen molar-refractivity contribution >= 4 is 6.29 Å². The predicted octanol–water partition coefficient (Wildman–Crippen LogP) is 0.839. The molecule has 0 radical (unpaired) electrons. The Morgan fingerprint density at radius 3 is 1.67 bits per heavy atom. The minimum absolute atomic E-state index is 0. The normalized spacial score (nSPS) is 7.17. The van der Waals surface area contributed by atoms with Crippen LogP contribution < -0.4 is 0 Å². The topological polar surface area (TPSA) is 17.1 Å². The molecule has 0 aliphatic carbocycles. The summed E-state index contributed by atoms with van der Waals surface area (Å²) in [5.41, 5.74) is 0. The quantitative estimate of drug-likeness (QED) is 0.498. The van der Waals surface area contributed by atoms with Crippen molar-refractivity contribution in [1.82, 2.24) is 0 Å². The molecule has 0 spiro atoms. The van der Waals surface area contributed by atoms with Gasteiger partial charge in [0.25, 0.3) is 0 Å². The molecule has 0 atom stereocenters. The zero-order valence-electron chi connectivity index (χ0n) is 4.06. The zero-order valence-corrected chi connectivity index (χ0v) is 7.66. The molecule has 2 heteroatoms. The molecule has 0 aromatic rings. The fraction of sp³-hybridized carbons (Fsp3) is 0.750. The molecule has 0 aromatic heterocycles. The average molecular weight is 251 g/mol. The summed E-state index contributed by atoms with van der Waals surface area (Å²) in [5, 5.41) is 0. The van der Waals surface area contributed by atoms with E-state index in [0.717, 1.165) is 6.29 Å². The van der Waals surface area contributed by atoms with Gasteiger partial charge in [-0.05, 0) is 0 Å². The van der Waals surface area contributed by atoms with E-state index in [1.165, 1.54) is 0 Å². The van der Waals surface area contributed by atoms with Crippen molar-refractivity contribution in [3.05, 3.63) is 0 Å². The number of hydrogen-bond acceptors (Lipinski definition) is 1. The molecule has 0 aliphatic heterocycles. The fourth-order valence-electron chi connectivity index (χ4n) is 0. The van der Waals surface area contributed by atoms with Gasteiger partial charge in [-0.15, -0.1) is 0 Å². The Balaban J connectivity index is 0. The van der Waals surface area contributed by atoms with Crippen molar-refractivity contribution in [2.75, 3.05) is 0 Å². The summed E-state index contributed by atoms with van der Waals surface area (Å²) >= 11 is 0. The monoisotopic (exact) mass is 252 g/mol. The number of hydrogen-bond donors (Lipinski definition) is 0. The van der Waals surface area contributed by atoms with E-state index in [1.54, 1.807) is 0 Å². The van der Waals surface area contributed by atoms with E-state index in [0.29, 0.717) is 0 Å². The molecule has 0 N–H and O–H groups in total. The summed E-state index contributed by atoms with van der Waals surface area (Å²) in [6.45, 7) is 3.71. The Bertz CT molecular complexity index is 34.5. The van der Waals surface area contributed by atoms with Crippen molar-refractivity contribution < 1.29 is 30.6 Å². The van der Waals surface area contributed by atoms with Gasteiger partial charge < -0.3 is 4.79 Å². The van der Waals surface area contributed by atoms with Gasteiger partial charge in [0.15, 0.2) is 0 Å². The molecule has 0 rings (SSSR count). The number of carbonyl (C=O) groups excluding carboxylic acids is 1. The van der Waals surface area contributed by atoms with Crippen LogP contribution in [0.25, 0.3) is 0 Å². The van der Waals surface area contributed by atoms with Gasteiger partial charge in [-0.2, -0.15) is 0 Å². The Hall–Kier alpha value is 0.540. The van der Waals surface area contributed by atoms with Gasteiger partial charge in [0.05, 0.1) is 0 Å². The molecule has 34 valence electrons. The molecule has 0 heterocycles. The molecule has 0 saturated heterocycles. The third kappa shape index (κ3) is 8.82. The summed E-state index contributed by atoms with van der Waals surface area (Å²) in [7, 11) is 0. The Labute approximate surface area is 56.9 Å². The van der Waals surface area contributed by atoms with Crippen molar-refractivity contribution in [3.8, 4) is 0 Å². The van der Waals surface area contributed by atoms with E-state index < -0.39 is 0 Å². The van der Waals surface area contributed by atoms with E-state index >= 15 is 0 Å². The van der Waals surface area contributed by atoms with Crippen LogP contribution in [0.15, 0.2) is 0 Å². The standard InChI is InChI=1S/C4H8O.Hf/c1-4(2)3-5;/h3-4H,1-2H3;. The molecule has 0 aromatic carbocycles. The van der Waals surface area contributed by atoms with Crippen LogP contribution in [0.3, 0.4) is 0 Å². The maximum atomic E-state index is 9.50. The van der Waals surface area contributed by atoms with Crippen LogP contribution in [0.4, 0.5) is 0 Å². The first-order chi connectivity index (χ1) is 2.27. The van der Waals surface area contributed by atoms with Gasteiger partial charge in [0.2, 0.25) is 0 Å². The van der Waals surface area contributed by atoms with Crippen molar-refractivity contribution in [1.29, 1.82) is 0 Å². The van der Waals surface area contributed by atoms with Crippen LogP contribution in [-0.2, 0) is 30.6 Å². The summed E-state index contributed by atoms with van der Waals surface area (Å²) in [6.07, 6.45) is 0.917. The SMILES string of the molecule is CC(C)C=O.[Hf]. The van der Waals surface area contributed by atoms with Crippen LogP contribution in [0.5, 0.6) is 0 Å². The van der Waals surface area contributed by atoms with Crippen LogP contribution in [0.1, 0.15) is 13.8 Å². The summed E-state index contributed by atoms with van der Waals surface area (Å²) < 4.78 is 0. The second kappa shape index (κ2) is 5.54. The molecular weight excluding hydrogens is 243 g/mol.